The average Bonchev–Trinajstić information content (AvgIpc) is 2.30. The van der Waals surface area contributed by atoms with E-state index in [0.717, 1.165) is 0 Å². The lowest BCUT2D eigenvalue weighted by atomic mass is 10.0. The third-order valence-corrected chi connectivity index (χ3v) is 2.31. The van der Waals surface area contributed by atoms with Crippen LogP contribution in [0, 0.1) is 5.82 Å². The molecule has 0 fully saturated rings. The molecule has 0 amide bonds. The summed E-state index contributed by atoms with van der Waals surface area (Å²) in [4.78, 5) is 0. The van der Waals surface area contributed by atoms with Gasteiger partial charge in [-0.25, -0.2) is 4.39 Å². The van der Waals surface area contributed by atoms with Crippen LogP contribution in [0.1, 0.15) is 17.2 Å². The van der Waals surface area contributed by atoms with E-state index >= 15 is 0 Å². The van der Waals surface area contributed by atoms with Crippen molar-refractivity contribution in [1.82, 2.24) is 0 Å². The molecule has 0 aliphatic heterocycles. The molecule has 0 radical (unpaired) electrons. The molecule has 0 saturated carbocycles. The maximum atomic E-state index is 13.5. The van der Waals surface area contributed by atoms with Crippen LogP contribution in [0.15, 0.2) is 12.1 Å². The van der Waals surface area contributed by atoms with Gasteiger partial charge in [-0.05, 0) is 23.3 Å². The van der Waals surface area contributed by atoms with Gasteiger partial charge in [0, 0.05) is 7.11 Å². The Bertz CT molecular complexity index is 357. The number of benzene rings is 1. The number of halogens is 1. The molecule has 1 unspecified atom stereocenters. The summed E-state index contributed by atoms with van der Waals surface area (Å²) in [6.07, 6.45) is 0. The molecule has 0 heterocycles. The molecule has 1 rings (SSSR count). The van der Waals surface area contributed by atoms with Gasteiger partial charge in [0.2, 0.25) is 0 Å². The molecule has 16 heavy (non-hydrogen) atoms. The van der Waals surface area contributed by atoms with Crippen molar-refractivity contribution in [2.24, 2.45) is 5.73 Å². The maximum absolute atomic E-state index is 13.5. The van der Waals surface area contributed by atoms with Crippen LogP contribution < -0.4 is 10.5 Å². The topological polar surface area (TPSA) is 64.7 Å². The summed E-state index contributed by atoms with van der Waals surface area (Å²) in [6.45, 7) is 0.0438. The highest BCUT2D eigenvalue weighted by atomic mass is 19.1. The molecule has 0 bridgehead atoms. The SMILES string of the molecule is COCc1cc(OC)c(F)cc1C(N)CO. The van der Waals surface area contributed by atoms with Crippen molar-refractivity contribution < 1.29 is 19.0 Å². The van der Waals surface area contributed by atoms with Crippen LogP contribution in [0.2, 0.25) is 0 Å². The molecule has 0 aliphatic carbocycles. The predicted octanol–water partition coefficient (Wildman–Crippen LogP) is 0.973. The minimum atomic E-state index is -0.620. The quantitative estimate of drug-likeness (QED) is 0.789. The largest absolute Gasteiger partial charge is 0.494 e. The number of nitrogens with two attached hydrogens (primary N) is 1. The second-order valence-electron chi connectivity index (χ2n) is 3.41. The van der Waals surface area contributed by atoms with Crippen LogP contribution >= 0.6 is 0 Å². The summed E-state index contributed by atoms with van der Waals surface area (Å²) >= 11 is 0. The normalized spacial score (nSPS) is 12.6. The number of ether oxygens (including phenoxy) is 2. The summed E-state index contributed by atoms with van der Waals surface area (Å²) in [5, 5.41) is 8.98. The van der Waals surface area contributed by atoms with Crippen molar-refractivity contribution in [1.29, 1.82) is 0 Å². The van der Waals surface area contributed by atoms with E-state index in [2.05, 4.69) is 0 Å². The van der Waals surface area contributed by atoms with Crippen LogP contribution in [0.5, 0.6) is 5.75 Å². The fraction of sp³-hybridized carbons (Fsp3) is 0.455. The first-order valence-corrected chi connectivity index (χ1v) is 4.85. The van der Waals surface area contributed by atoms with Gasteiger partial charge in [0.25, 0.3) is 0 Å². The molecular formula is C11H16FNO3. The van der Waals surface area contributed by atoms with Crippen LogP contribution in [0.3, 0.4) is 0 Å². The molecule has 1 aromatic carbocycles. The lowest BCUT2D eigenvalue weighted by Gasteiger charge is -2.15. The molecule has 90 valence electrons. The Morgan fingerprint density at radius 3 is 2.62 bits per heavy atom. The Morgan fingerprint density at radius 1 is 1.44 bits per heavy atom. The highest BCUT2D eigenvalue weighted by molar-refractivity contribution is 5.38. The summed E-state index contributed by atoms with van der Waals surface area (Å²) in [5.41, 5.74) is 6.91. The summed E-state index contributed by atoms with van der Waals surface area (Å²) < 4.78 is 23.3. The fourth-order valence-electron chi connectivity index (χ4n) is 1.49. The van der Waals surface area contributed by atoms with E-state index in [4.69, 9.17) is 20.3 Å². The Kier molecular flexibility index (Phi) is 4.67. The van der Waals surface area contributed by atoms with Gasteiger partial charge in [0.15, 0.2) is 11.6 Å². The minimum absolute atomic E-state index is 0.140. The van der Waals surface area contributed by atoms with Gasteiger partial charge >= 0.3 is 0 Å². The third kappa shape index (κ3) is 2.69. The van der Waals surface area contributed by atoms with Gasteiger partial charge in [0.05, 0.1) is 26.4 Å². The lowest BCUT2D eigenvalue weighted by molar-refractivity contribution is 0.182. The zero-order chi connectivity index (χ0) is 12.1. The Hall–Kier alpha value is -1.17. The van der Waals surface area contributed by atoms with Crippen molar-refractivity contribution >= 4 is 0 Å². The maximum Gasteiger partial charge on any atom is 0.165 e. The number of rotatable bonds is 5. The van der Waals surface area contributed by atoms with E-state index in [1.54, 1.807) is 0 Å². The second kappa shape index (κ2) is 5.79. The Morgan fingerprint density at radius 2 is 2.12 bits per heavy atom. The number of methoxy groups -OCH3 is 2. The van der Waals surface area contributed by atoms with E-state index in [9.17, 15) is 4.39 Å². The van der Waals surface area contributed by atoms with Gasteiger partial charge in [-0.2, -0.15) is 0 Å². The minimum Gasteiger partial charge on any atom is -0.494 e. The Labute approximate surface area is 93.8 Å². The van der Waals surface area contributed by atoms with E-state index in [1.165, 1.54) is 26.4 Å². The second-order valence-corrected chi connectivity index (χ2v) is 3.41. The Balaban J connectivity index is 3.18. The lowest BCUT2D eigenvalue weighted by Crippen LogP contribution is -2.17. The molecule has 0 spiro atoms. The molecule has 0 aliphatic rings. The van der Waals surface area contributed by atoms with Crippen LogP contribution in [0.25, 0.3) is 0 Å². The highest BCUT2D eigenvalue weighted by Gasteiger charge is 2.15. The van der Waals surface area contributed by atoms with Crippen molar-refractivity contribution in [2.75, 3.05) is 20.8 Å². The van der Waals surface area contributed by atoms with Crippen molar-refractivity contribution in [3.05, 3.63) is 29.1 Å². The van der Waals surface area contributed by atoms with Gasteiger partial charge in [-0.15, -0.1) is 0 Å². The molecule has 1 atom stereocenters. The standard InChI is InChI=1S/C11H16FNO3/c1-15-6-7-3-11(16-2)9(12)4-8(7)10(13)5-14/h3-4,10,14H,5-6,13H2,1-2H3. The number of aliphatic hydroxyl groups excluding tert-OH is 1. The molecule has 0 saturated heterocycles. The molecule has 3 N–H and O–H groups in total. The van der Waals surface area contributed by atoms with Crippen LogP contribution in [-0.4, -0.2) is 25.9 Å². The highest BCUT2D eigenvalue weighted by Crippen LogP contribution is 2.26. The zero-order valence-electron chi connectivity index (χ0n) is 9.37. The van der Waals surface area contributed by atoms with Gasteiger partial charge in [-0.1, -0.05) is 0 Å². The number of hydrogen-bond acceptors (Lipinski definition) is 4. The molecule has 4 nitrogen and oxygen atoms in total. The first kappa shape index (κ1) is 12.9. The van der Waals surface area contributed by atoms with Gasteiger partial charge < -0.3 is 20.3 Å². The first-order valence-electron chi connectivity index (χ1n) is 4.85. The van der Waals surface area contributed by atoms with Gasteiger partial charge in [-0.3, -0.25) is 0 Å². The molecule has 5 heteroatoms. The zero-order valence-corrected chi connectivity index (χ0v) is 9.37. The van der Waals surface area contributed by atoms with Crippen molar-refractivity contribution in [3.8, 4) is 5.75 Å². The first-order chi connectivity index (χ1) is 7.63. The van der Waals surface area contributed by atoms with E-state index in [1.807, 2.05) is 0 Å². The summed E-state index contributed by atoms with van der Waals surface area (Å²) in [5.74, 6) is -0.359. The third-order valence-electron chi connectivity index (χ3n) is 2.31. The smallest absolute Gasteiger partial charge is 0.165 e. The molecular weight excluding hydrogens is 213 g/mol. The fourth-order valence-corrected chi connectivity index (χ4v) is 1.49. The van der Waals surface area contributed by atoms with Crippen LogP contribution in [0.4, 0.5) is 4.39 Å². The average molecular weight is 229 g/mol. The van der Waals surface area contributed by atoms with Gasteiger partial charge in [0.1, 0.15) is 0 Å². The predicted molar refractivity (Wildman–Crippen MR) is 57.7 cm³/mol. The summed E-state index contributed by atoms with van der Waals surface area (Å²) in [7, 11) is 2.92. The van der Waals surface area contributed by atoms with E-state index in [-0.39, 0.29) is 12.4 Å². The number of aliphatic hydroxyl groups is 1. The molecule has 0 aromatic heterocycles. The summed E-state index contributed by atoms with van der Waals surface area (Å²) in [6, 6.07) is 2.18. The van der Waals surface area contributed by atoms with E-state index < -0.39 is 11.9 Å². The van der Waals surface area contributed by atoms with Crippen molar-refractivity contribution in [2.45, 2.75) is 12.6 Å². The van der Waals surface area contributed by atoms with Crippen molar-refractivity contribution in [3.63, 3.8) is 0 Å². The van der Waals surface area contributed by atoms with E-state index in [0.29, 0.717) is 17.7 Å². The monoisotopic (exact) mass is 229 g/mol. The molecule has 1 aromatic rings. The van der Waals surface area contributed by atoms with Crippen LogP contribution in [-0.2, 0) is 11.3 Å². The number of hydrogen-bond donors (Lipinski definition) is 2.